The van der Waals surface area contributed by atoms with Crippen LogP contribution in [0.2, 0.25) is 0 Å². The van der Waals surface area contributed by atoms with Gasteiger partial charge in [0.25, 0.3) is 0 Å². The number of hydrogen-bond acceptors (Lipinski definition) is 3. The summed E-state index contributed by atoms with van der Waals surface area (Å²) >= 11 is 0. The standard InChI is InChI=1S/C11H17NO4/c1-16-6-10(13)12-4-8(7-2-3-7)9(5-12)11(14)15/h7-9H,2-6H2,1H3,(H,14,15)/t8-,9+/m1/s1. The number of amides is 1. The van der Waals surface area contributed by atoms with Crippen LogP contribution in [0.4, 0.5) is 0 Å². The van der Waals surface area contributed by atoms with E-state index < -0.39 is 5.97 Å². The molecule has 2 rings (SSSR count). The van der Waals surface area contributed by atoms with E-state index in [-0.39, 0.29) is 24.3 Å². The Labute approximate surface area is 94.4 Å². The van der Waals surface area contributed by atoms with Gasteiger partial charge in [0.15, 0.2) is 0 Å². The van der Waals surface area contributed by atoms with Gasteiger partial charge in [0.2, 0.25) is 5.91 Å². The first-order valence-electron chi connectivity index (χ1n) is 5.63. The summed E-state index contributed by atoms with van der Waals surface area (Å²) in [6.45, 7) is 0.978. The van der Waals surface area contributed by atoms with Gasteiger partial charge in [-0.25, -0.2) is 0 Å². The number of nitrogens with zero attached hydrogens (tertiary/aromatic N) is 1. The Hall–Kier alpha value is -1.10. The molecule has 2 aliphatic rings. The first-order valence-corrected chi connectivity index (χ1v) is 5.63. The molecule has 1 saturated heterocycles. The van der Waals surface area contributed by atoms with Crippen molar-refractivity contribution in [3.8, 4) is 0 Å². The number of likely N-dealkylation sites (tertiary alicyclic amines) is 1. The summed E-state index contributed by atoms with van der Waals surface area (Å²) in [5.74, 6) is -0.588. The largest absolute Gasteiger partial charge is 0.481 e. The third kappa shape index (κ3) is 2.19. The lowest BCUT2D eigenvalue weighted by Gasteiger charge is -2.15. The molecule has 5 nitrogen and oxygen atoms in total. The van der Waals surface area contributed by atoms with E-state index >= 15 is 0 Å². The number of carboxylic acids is 1. The van der Waals surface area contributed by atoms with Crippen molar-refractivity contribution >= 4 is 11.9 Å². The molecular formula is C11H17NO4. The van der Waals surface area contributed by atoms with Crippen LogP contribution in [0.3, 0.4) is 0 Å². The zero-order valence-corrected chi connectivity index (χ0v) is 9.39. The molecule has 1 aliphatic carbocycles. The van der Waals surface area contributed by atoms with E-state index in [1.807, 2.05) is 0 Å². The van der Waals surface area contributed by atoms with Crippen molar-refractivity contribution in [2.24, 2.45) is 17.8 Å². The highest BCUT2D eigenvalue weighted by atomic mass is 16.5. The van der Waals surface area contributed by atoms with Crippen LogP contribution in [0.25, 0.3) is 0 Å². The molecule has 0 unspecified atom stereocenters. The van der Waals surface area contributed by atoms with E-state index in [1.54, 1.807) is 4.90 Å². The maximum atomic E-state index is 11.6. The van der Waals surface area contributed by atoms with Crippen LogP contribution in [0.5, 0.6) is 0 Å². The monoisotopic (exact) mass is 227 g/mol. The molecular weight excluding hydrogens is 210 g/mol. The lowest BCUT2D eigenvalue weighted by atomic mass is 9.92. The molecule has 5 heteroatoms. The van der Waals surface area contributed by atoms with Crippen molar-refractivity contribution in [3.05, 3.63) is 0 Å². The normalized spacial score (nSPS) is 29.4. The molecule has 1 N–H and O–H groups in total. The molecule has 1 aliphatic heterocycles. The molecule has 0 aromatic rings. The Morgan fingerprint density at radius 1 is 1.38 bits per heavy atom. The first kappa shape index (κ1) is 11.4. The second-order valence-electron chi connectivity index (χ2n) is 4.68. The minimum atomic E-state index is -0.774. The van der Waals surface area contributed by atoms with Crippen LogP contribution < -0.4 is 0 Å². The summed E-state index contributed by atoms with van der Waals surface area (Å²) in [5.41, 5.74) is 0. The molecule has 0 spiro atoms. The maximum absolute atomic E-state index is 11.6. The van der Waals surface area contributed by atoms with Crippen LogP contribution in [0, 0.1) is 17.8 Å². The molecule has 1 amide bonds. The van der Waals surface area contributed by atoms with Gasteiger partial charge in [0, 0.05) is 20.2 Å². The van der Waals surface area contributed by atoms with Gasteiger partial charge >= 0.3 is 5.97 Å². The molecule has 0 aromatic carbocycles. The summed E-state index contributed by atoms with van der Waals surface area (Å²) in [5, 5.41) is 9.12. The lowest BCUT2D eigenvalue weighted by molar-refractivity contribution is -0.143. The van der Waals surface area contributed by atoms with E-state index in [9.17, 15) is 9.59 Å². The quantitative estimate of drug-likeness (QED) is 0.745. The van der Waals surface area contributed by atoms with E-state index in [0.29, 0.717) is 19.0 Å². The molecule has 0 radical (unpaired) electrons. The maximum Gasteiger partial charge on any atom is 0.308 e. The summed E-state index contributed by atoms with van der Waals surface area (Å²) in [6.07, 6.45) is 2.22. The van der Waals surface area contributed by atoms with Crippen LogP contribution in [0.1, 0.15) is 12.8 Å². The summed E-state index contributed by atoms with van der Waals surface area (Å²) in [7, 11) is 1.47. The smallest absolute Gasteiger partial charge is 0.308 e. The van der Waals surface area contributed by atoms with E-state index in [4.69, 9.17) is 9.84 Å². The van der Waals surface area contributed by atoms with E-state index in [1.165, 1.54) is 7.11 Å². The zero-order valence-electron chi connectivity index (χ0n) is 9.39. The zero-order chi connectivity index (χ0) is 11.7. The van der Waals surface area contributed by atoms with Crippen LogP contribution >= 0.6 is 0 Å². The fourth-order valence-corrected chi connectivity index (χ4v) is 2.51. The number of carbonyl (C=O) groups excluding carboxylic acids is 1. The molecule has 2 fully saturated rings. The summed E-state index contributed by atoms with van der Waals surface area (Å²) in [4.78, 5) is 24.3. The third-order valence-electron chi connectivity index (χ3n) is 3.53. The van der Waals surface area contributed by atoms with Crippen molar-refractivity contribution in [3.63, 3.8) is 0 Å². The molecule has 1 heterocycles. The highest BCUT2D eigenvalue weighted by molar-refractivity contribution is 5.80. The predicted molar refractivity (Wildman–Crippen MR) is 55.8 cm³/mol. The van der Waals surface area contributed by atoms with E-state index in [0.717, 1.165) is 12.8 Å². The van der Waals surface area contributed by atoms with Gasteiger partial charge in [-0.05, 0) is 24.7 Å². The third-order valence-corrected chi connectivity index (χ3v) is 3.53. The van der Waals surface area contributed by atoms with Gasteiger partial charge in [0.1, 0.15) is 6.61 Å². The Balaban J connectivity index is 1.99. The van der Waals surface area contributed by atoms with Gasteiger partial charge < -0.3 is 14.7 Å². The molecule has 0 aromatic heterocycles. The highest BCUT2D eigenvalue weighted by Crippen LogP contribution is 2.44. The fraction of sp³-hybridized carbons (Fsp3) is 0.818. The Kier molecular flexibility index (Phi) is 3.14. The second kappa shape index (κ2) is 4.41. The van der Waals surface area contributed by atoms with Gasteiger partial charge in [-0.3, -0.25) is 9.59 Å². The average molecular weight is 227 g/mol. The van der Waals surface area contributed by atoms with Gasteiger partial charge in [-0.15, -0.1) is 0 Å². The van der Waals surface area contributed by atoms with Crippen LogP contribution in [-0.2, 0) is 14.3 Å². The van der Waals surface area contributed by atoms with Gasteiger partial charge in [-0.1, -0.05) is 0 Å². The topological polar surface area (TPSA) is 66.8 Å². The second-order valence-corrected chi connectivity index (χ2v) is 4.68. The van der Waals surface area contributed by atoms with Crippen molar-refractivity contribution in [1.82, 2.24) is 4.90 Å². The fourth-order valence-electron chi connectivity index (χ4n) is 2.51. The number of carboxylic acid groups (broad SMARTS) is 1. The SMILES string of the molecule is COCC(=O)N1C[C@H](C(=O)O)[C@@H](C2CC2)C1. The number of hydrogen-bond donors (Lipinski definition) is 1. The minimum Gasteiger partial charge on any atom is -0.481 e. The summed E-state index contributed by atoms with van der Waals surface area (Å²) in [6, 6.07) is 0. The van der Waals surface area contributed by atoms with Gasteiger partial charge in [0.05, 0.1) is 5.92 Å². The van der Waals surface area contributed by atoms with Crippen LogP contribution in [0.15, 0.2) is 0 Å². The Morgan fingerprint density at radius 3 is 2.56 bits per heavy atom. The molecule has 1 saturated carbocycles. The molecule has 90 valence electrons. The van der Waals surface area contributed by atoms with Gasteiger partial charge in [-0.2, -0.15) is 0 Å². The average Bonchev–Trinajstić information content (AvgIpc) is 2.97. The number of ether oxygens (including phenoxy) is 1. The van der Waals surface area contributed by atoms with Crippen molar-refractivity contribution in [2.45, 2.75) is 12.8 Å². The van der Waals surface area contributed by atoms with Crippen LogP contribution in [-0.4, -0.2) is 48.7 Å². The Bertz CT molecular complexity index is 300. The number of rotatable bonds is 4. The Morgan fingerprint density at radius 2 is 2.06 bits per heavy atom. The number of carbonyl (C=O) groups is 2. The molecule has 2 atom stereocenters. The summed E-state index contributed by atoms with van der Waals surface area (Å²) < 4.78 is 4.78. The lowest BCUT2D eigenvalue weighted by Crippen LogP contribution is -2.32. The first-order chi connectivity index (χ1) is 7.63. The highest BCUT2D eigenvalue weighted by Gasteiger charge is 2.46. The van der Waals surface area contributed by atoms with E-state index in [2.05, 4.69) is 0 Å². The van der Waals surface area contributed by atoms with Crippen molar-refractivity contribution < 1.29 is 19.4 Å². The molecule has 16 heavy (non-hydrogen) atoms. The minimum absolute atomic E-state index is 0.0454. The van der Waals surface area contributed by atoms with Crippen molar-refractivity contribution in [2.75, 3.05) is 26.8 Å². The van der Waals surface area contributed by atoms with Crippen molar-refractivity contribution in [1.29, 1.82) is 0 Å². The number of aliphatic carboxylic acids is 1. The molecule has 0 bridgehead atoms. The predicted octanol–water partition coefficient (Wildman–Crippen LogP) is 0.202. The number of methoxy groups -OCH3 is 1.